The molecule has 0 unspecified atom stereocenters. The molecule has 8 heteroatoms. The fourth-order valence-corrected chi connectivity index (χ4v) is 3.23. The summed E-state index contributed by atoms with van der Waals surface area (Å²) in [5.74, 6) is -0.422. The zero-order valence-corrected chi connectivity index (χ0v) is 15.2. The van der Waals surface area contributed by atoms with Crippen LogP contribution in [0.1, 0.15) is 15.9 Å². The van der Waals surface area contributed by atoms with E-state index in [4.69, 9.17) is 4.74 Å². The smallest absolute Gasteiger partial charge is 0.277 e. The van der Waals surface area contributed by atoms with Crippen molar-refractivity contribution in [3.05, 3.63) is 69.8 Å². The van der Waals surface area contributed by atoms with E-state index in [9.17, 15) is 14.0 Å². The minimum atomic E-state index is -0.313. The fourth-order valence-electron chi connectivity index (χ4n) is 3.23. The molecule has 144 valence electrons. The van der Waals surface area contributed by atoms with Gasteiger partial charge in [0.25, 0.3) is 11.5 Å². The first-order valence-electron chi connectivity index (χ1n) is 9.11. The molecule has 0 aliphatic carbocycles. The normalized spacial score (nSPS) is 14.4. The summed E-state index contributed by atoms with van der Waals surface area (Å²) in [4.78, 5) is 27.0. The molecule has 0 radical (unpaired) electrons. The van der Waals surface area contributed by atoms with Crippen LogP contribution in [-0.2, 0) is 17.7 Å². The van der Waals surface area contributed by atoms with Crippen LogP contribution < -0.4 is 5.56 Å². The van der Waals surface area contributed by atoms with Crippen molar-refractivity contribution in [2.75, 3.05) is 26.3 Å². The molecule has 7 nitrogen and oxygen atoms in total. The number of hydrogen-bond acceptors (Lipinski definition) is 5. The Balaban J connectivity index is 1.56. The van der Waals surface area contributed by atoms with Crippen molar-refractivity contribution < 1.29 is 13.9 Å². The molecule has 1 fully saturated rings. The first-order chi connectivity index (χ1) is 13.6. The Morgan fingerprint density at radius 1 is 1.14 bits per heavy atom. The molecule has 2 heterocycles. The van der Waals surface area contributed by atoms with E-state index < -0.39 is 0 Å². The number of hydrogen-bond donors (Lipinski definition) is 0. The summed E-state index contributed by atoms with van der Waals surface area (Å²) in [6.07, 6.45) is 0.464. The SMILES string of the molecule is O=C(c1ccc2c(=O)n(CCc3cccc(F)c3)nnc2c1)N1CCOCC1. The topological polar surface area (TPSA) is 77.3 Å². The summed E-state index contributed by atoms with van der Waals surface area (Å²) >= 11 is 0. The predicted molar refractivity (Wildman–Crippen MR) is 101 cm³/mol. The van der Waals surface area contributed by atoms with Crippen LogP contribution in [0.4, 0.5) is 4.39 Å². The van der Waals surface area contributed by atoms with Gasteiger partial charge in [-0.2, -0.15) is 0 Å². The lowest BCUT2D eigenvalue weighted by Crippen LogP contribution is -2.40. The van der Waals surface area contributed by atoms with Crippen molar-refractivity contribution in [1.82, 2.24) is 19.9 Å². The number of ether oxygens (including phenoxy) is 1. The lowest BCUT2D eigenvalue weighted by Gasteiger charge is -2.26. The molecular formula is C20H19FN4O3. The molecule has 1 aliphatic rings. The van der Waals surface area contributed by atoms with E-state index >= 15 is 0 Å². The van der Waals surface area contributed by atoms with Crippen molar-refractivity contribution in [1.29, 1.82) is 0 Å². The molecule has 0 atom stereocenters. The maximum absolute atomic E-state index is 13.3. The van der Waals surface area contributed by atoms with Gasteiger partial charge >= 0.3 is 0 Å². The van der Waals surface area contributed by atoms with Gasteiger partial charge in [0.15, 0.2) is 0 Å². The molecule has 1 saturated heterocycles. The Morgan fingerprint density at radius 3 is 2.75 bits per heavy atom. The van der Waals surface area contributed by atoms with Crippen LogP contribution >= 0.6 is 0 Å². The second-order valence-corrected chi connectivity index (χ2v) is 6.63. The van der Waals surface area contributed by atoms with Gasteiger partial charge in [-0.25, -0.2) is 9.07 Å². The van der Waals surface area contributed by atoms with Crippen LogP contribution in [0, 0.1) is 5.82 Å². The van der Waals surface area contributed by atoms with Crippen LogP contribution in [0.5, 0.6) is 0 Å². The number of nitrogens with zero attached hydrogens (tertiary/aromatic N) is 4. The van der Waals surface area contributed by atoms with Gasteiger partial charge in [-0.05, 0) is 42.3 Å². The first kappa shape index (κ1) is 18.2. The molecule has 0 saturated carbocycles. The third-order valence-electron chi connectivity index (χ3n) is 4.77. The first-order valence-corrected chi connectivity index (χ1v) is 9.11. The number of aryl methyl sites for hydroxylation is 2. The van der Waals surface area contributed by atoms with Crippen LogP contribution in [0.25, 0.3) is 10.9 Å². The molecule has 1 aromatic heterocycles. The summed E-state index contributed by atoms with van der Waals surface area (Å²) < 4.78 is 19.8. The number of carbonyl (C=O) groups excluding carboxylic acids is 1. The number of fused-ring (bicyclic) bond motifs is 1. The molecule has 2 aromatic carbocycles. The average molecular weight is 382 g/mol. The van der Waals surface area contributed by atoms with Gasteiger partial charge in [0, 0.05) is 18.7 Å². The summed E-state index contributed by atoms with van der Waals surface area (Å²) in [7, 11) is 0. The number of amides is 1. The fraction of sp³-hybridized carbons (Fsp3) is 0.300. The Kier molecular flexibility index (Phi) is 5.12. The van der Waals surface area contributed by atoms with Crippen LogP contribution in [0.15, 0.2) is 47.3 Å². The van der Waals surface area contributed by atoms with E-state index in [1.165, 1.54) is 16.8 Å². The van der Waals surface area contributed by atoms with Gasteiger partial charge in [-0.3, -0.25) is 9.59 Å². The molecule has 4 rings (SSSR count). The summed E-state index contributed by atoms with van der Waals surface area (Å²) in [6.45, 7) is 2.43. The number of benzene rings is 2. The van der Waals surface area contributed by atoms with Crippen molar-refractivity contribution >= 4 is 16.8 Å². The Labute approximate surface area is 160 Å². The number of morpholine rings is 1. The Bertz CT molecular complexity index is 1080. The summed E-state index contributed by atoms with van der Waals surface area (Å²) in [5.41, 5.74) is 1.35. The second kappa shape index (κ2) is 7.85. The third-order valence-corrected chi connectivity index (χ3v) is 4.77. The highest BCUT2D eigenvalue weighted by Crippen LogP contribution is 2.13. The van der Waals surface area contributed by atoms with Gasteiger partial charge < -0.3 is 9.64 Å². The molecule has 0 bridgehead atoms. The lowest BCUT2D eigenvalue weighted by molar-refractivity contribution is 0.0303. The molecule has 28 heavy (non-hydrogen) atoms. The maximum Gasteiger partial charge on any atom is 0.277 e. The van der Waals surface area contributed by atoms with Gasteiger partial charge in [0.1, 0.15) is 11.3 Å². The molecule has 0 N–H and O–H groups in total. The Morgan fingerprint density at radius 2 is 1.96 bits per heavy atom. The maximum atomic E-state index is 13.3. The van der Waals surface area contributed by atoms with Gasteiger partial charge in [-0.15, -0.1) is 5.10 Å². The van der Waals surface area contributed by atoms with Crippen molar-refractivity contribution in [3.8, 4) is 0 Å². The largest absolute Gasteiger partial charge is 0.378 e. The highest BCUT2D eigenvalue weighted by molar-refractivity contribution is 5.97. The zero-order valence-electron chi connectivity index (χ0n) is 15.2. The minimum Gasteiger partial charge on any atom is -0.378 e. The third kappa shape index (κ3) is 3.77. The number of aromatic nitrogens is 3. The van der Waals surface area contributed by atoms with E-state index in [-0.39, 0.29) is 17.3 Å². The number of carbonyl (C=O) groups is 1. The van der Waals surface area contributed by atoms with E-state index in [1.807, 2.05) is 0 Å². The van der Waals surface area contributed by atoms with Crippen LogP contribution in [-0.4, -0.2) is 52.1 Å². The molecule has 1 amide bonds. The number of rotatable bonds is 4. The van der Waals surface area contributed by atoms with Crippen molar-refractivity contribution in [2.24, 2.45) is 0 Å². The van der Waals surface area contributed by atoms with Crippen LogP contribution in [0.3, 0.4) is 0 Å². The summed E-state index contributed by atoms with van der Waals surface area (Å²) in [6, 6.07) is 11.1. The predicted octanol–water partition coefficient (Wildman–Crippen LogP) is 1.65. The van der Waals surface area contributed by atoms with Gasteiger partial charge in [-0.1, -0.05) is 17.3 Å². The molecule has 0 spiro atoms. The quantitative estimate of drug-likeness (QED) is 0.686. The van der Waals surface area contributed by atoms with Crippen LogP contribution in [0.2, 0.25) is 0 Å². The highest BCUT2D eigenvalue weighted by Gasteiger charge is 2.19. The van der Waals surface area contributed by atoms with Crippen molar-refractivity contribution in [2.45, 2.75) is 13.0 Å². The lowest BCUT2D eigenvalue weighted by atomic mass is 10.1. The van der Waals surface area contributed by atoms with E-state index in [2.05, 4.69) is 10.3 Å². The second-order valence-electron chi connectivity index (χ2n) is 6.63. The highest BCUT2D eigenvalue weighted by atomic mass is 19.1. The Hall–Kier alpha value is -3.13. The zero-order chi connectivity index (χ0) is 19.5. The van der Waals surface area contributed by atoms with Gasteiger partial charge in [0.05, 0.1) is 25.1 Å². The van der Waals surface area contributed by atoms with Crippen molar-refractivity contribution in [3.63, 3.8) is 0 Å². The standard InChI is InChI=1S/C20H19FN4O3/c21-16-3-1-2-14(12-16)6-7-25-20(27)17-5-4-15(13-18(17)22-23-25)19(26)24-8-10-28-11-9-24/h1-5,12-13H,6-11H2. The summed E-state index contributed by atoms with van der Waals surface area (Å²) in [5, 5.41) is 8.47. The molecule has 3 aromatic rings. The molecular weight excluding hydrogens is 363 g/mol. The monoisotopic (exact) mass is 382 g/mol. The van der Waals surface area contributed by atoms with Gasteiger partial charge in [0.2, 0.25) is 0 Å². The minimum absolute atomic E-state index is 0.109. The number of halogens is 1. The molecule has 1 aliphatic heterocycles. The van der Waals surface area contributed by atoms with E-state index in [1.54, 1.807) is 35.2 Å². The van der Waals surface area contributed by atoms with E-state index in [0.29, 0.717) is 55.7 Å². The van der Waals surface area contributed by atoms with E-state index in [0.717, 1.165) is 5.56 Å². The average Bonchev–Trinajstić information content (AvgIpc) is 2.73.